The Morgan fingerprint density at radius 1 is 1.31 bits per heavy atom. The number of aromatic nitrogens is 4. The summed E-state index contributed by atoms with van der Waals surface area (Å²) in [4.78, 5) is 29.4. The second kappa shape index (κ2) is 12.1. The minimum absolute atomic E-state index is 0. The molecule has 3 heterocycles. The van der Waals surface area contributed by atoms with Crippen molar-refractivity contribution in [3.63, 3.8) is 0 Å². The molecule has 2 atom stereocenters. The third-order valence-electron chi connectivity index (χ3n) is 6.05. The van der Waals surface area contributed by atoms with E-state index in [0.717, 1.165) is 17.1 Å². The molecule has 1 saturated heterocycles. The van der Waals surface area contributed by atoms with E-state index in [1.54, 1.807) is 0 Å². The molecular formula is C24H24Cl2F3N7O3. The highest BCUT2D eigenvalue weighted by molar-refractivity contribution is 6.34. The number of terminal acetylenes is 1. The number of amides is 2. The number of nitrogens with one attached hydrogen (secondary N) is 3. The molecule has 1 fully saturated rings. The highest BCUT2D eigenvalue weighted by Gasteiger charge is 2.38. The lowest BCUT2D eigenvalue weighted by atomic mass is 10.1. The van der Waals surface area contributed by atoms with Gasteiger partial charge in [-0.2, -0.15) is 18.3 Å². The summed E-state index contributed by atoms with van der Waals surface area (Å²) in [6.45, 7) is 1.15. The predicted molar refractivity (Wildman–Crippen MR) is 140 cm³/mol. The molecule has 15 heteroatoms. The van der Waals surface area contributed by atoms with Crippen LogP contribution in [0.25, 0.3) is 11.3 Å². The van der Waals surface area contributed by atoms with E-state index in [4.69, 9.17) is 18.0 Å². The lowest BCUT2D eigenvalue weighted by molar-refractivity contribution is -0.141. The fraction of sp³-hybridized carbons (Fsp3) is 0.333. The maximum atomic E-state index is 13.6. The van der Waals surface area contributed by atoms with Gasteiger partial charge in [0.2, 0.25) is 0 Å². The van der Waals surface area contributed by atoms with Gasteiger partial charge in [0.05, 0.1) is 34.1 Å². The zero-order chi connectivity index (χ0) is 27.6. The van der Waals surface area contributed by atoms with Crippen molar-refractivity contribution in [2.24, 2.45) is 13.0 Å². The Morgan fingerprint density at radius 3 is 2.67 bits per heavy atom. The highest BCUT2D eigenvalue weighted by atomic mass is 35.5. The molecule has 4 rings (SSSR count). The van der Waals surface area contributed by atoms with Crippen LogP contribution in [0.1, 0.15) is 26.7 Å². The predicted octanol–water partition coefficient (Wildman–Crippen LogP) is 2.57. The number of alkyl halides is 3. The molecule has 2 amide bonds. The molecule has 208 valence electrons. The number of nitrogens with zero attached hydrogens (tertiary/aromatic N) is 4. The van der Waals surface area contributed by atoms with Gasteiger partial charge in [-0.05, 0) is 18.2 Å². The first-order chi connectivity index (χ1) is 18.0. The minimum Gasteiger partial charge on any atom is -0.391 e. The molecule has 0 radical (unpaired) electrons. The van der Waals surface area contributed by atoms with Crippen LogP contribution in [-0.4, -0.2) is 62.0 Å². The summed E-state index contributed by atoms with van der Waals surface area (Å²) < 4.78 is 42.8. The van der Waals surface area contributed by atoms with Gasteiger partial charge in [-0.1, -0.05) is 17.5 Å². The number of anilines is 1. The Kier molecular flexibility index (Phi) is 9.29. The van der Waals surface area contributed by atoms with E-state index in [-0.39, 0.29) is 64.8 Å². The third kappa shape index (κ3) is 6.54. The maximum absolute atomic E-state index is 13.6. The summed E-state index contributed by atoms with van der Waals surface area (Å²) in [5.41, 5.74) is -0.996. The summed E-state index contributed by atoms with van der Waals surface area (Å²) >= 11 is 6.26. The van der Waals surface area contributed by atoms with Crippen LogP contribution in [0.2, 0.25) is 5.02 Å². The summed E-state index contributed by atoms with van der Waals surface area (Å²) in [5.74, 6) is 0.800. The molecule has 39 heavy (non-hydrogen) atoms. The second-order valence-corrected chi connectivity index (χ2v) is 9.07. The van der Waals surface area contributed by atoms with Crippen LogP contribution in [0.3, 0.4) is 0 Å². The van der Waals surface area contributed by atoms with Gasteiger partial charge < -0.3 is 25.6 Å². The van der Waals surface area contributed by atoms with Crippen LogP contribution in [0.15, 0.2) is 30.6 Å². The number of halogens is 5. The summed E-state index contributed by atoms with van der Waals surface area (Å²) in [7, 11) is 1.40. The zero-order valence-corrected chi connectivity index (χ0v) is 22.0. The number of hydrogen-bond donors (Lipinski definition) is 4. The van der Waals surface area contributed by atoms with Gasteiger partial charge in [0.1, 0.15) is 6.54 Å². The van der Waals surface area contributed by atoms with E-state index in [1.807, 2.05) is 0 Å². The largest absolute Gasteiger partial charge is 0.435 e. The van der Waals surface area contributed by atoms with Gasteiger partial charge in [-0.25, -0.2) is 4.98 Å². The van der Waals surface area contributed by atoms with Crippen LogP contribution in [0.4, 0.5) is 18.9 Å². The van der Waals surface area contributed by atoms with Crippen molar-refractivity contribution >= 4 is 41.5 Å². The first-order valence-electron chi connectivity index (χ1n) is 11.4. The minimum atomic E-state index is -4.75. The highest BCUT2D eigenvalue weighted by Crippen LogP contribution is 2.36. The van der Waals surface area contributed by atoms with Crippen molar-refractivity contribution < 1.29 is 27.9 Å². The number of benzene rings is 1. The topological polar surface area (TPSA) is 126 Å². The average molecular weight is 586 g/mol. The van der Waals surface area contributed by atoms with Crippen molar-refractivity contribution in [2.45, 2.75) is 18.8 Å². The molecule has 1 aliphatic rings. The number of carbonyl (C=O) groups is 2. The molecule has 0 aliphatic carbocycles. The number of imidazole rings is 1. The summed E-state index contributed by atoms with van der Waals surface area (Å²) in [5, 5.41) is 21.8. The fourth-order valence-electron chi connectivity index (χ4n) is 4.07. The Morgan fingerprint density at radius 2 is 2.05 bits per heavy atom. The van der Waals surface area contributed by atoms with Gasteiger partial charge in [0.25, 0.3) is 11.8 Å². The average Bonchev–Trinajstić information content (AvgIpc) is 3.55. The van der Waals surface area contributed by atoms with Crippen molar-refractivity contribution in [3.8, 4) is 23.6 Å². The molecule has 10 nitrogen and oxygen atoms in total. The number of carbonyl (C=O) groups excluding carboxylic acids is 2. The molecule has 0 saturated carbocycles. The number of aliphatic hydroxyl groups excluding tert-OH is 1. The van der Waals surface area contributed by atoms with Crippen LogP contribution in [0.5, 0.6) is 0 Å². The Balaban J connectivity index is 0.00000420. The van der Waals surface area contributed by atoms with Crippen LogP contribution >= 0.6 is 24.0 Å². The molecule has 0 unspecified atom stereocenters. The van der Waals surface area contributed by atoms with E-state index >= 15 is 0 Å². The Labute approximate surface area is 232 Å². The van der Waals surface area contributed by atoms with Gasteiger partial charge in [-0.15, -0.1) is 18.8 Å². The number of rotatable bonds is 7. The van der Waals surface area contributed by atoms with Gasteiger partial charge in [0, 0.05) is 44.5 Å². The smallest absolute Gasteiger partial charge is 0.391 e. The lowest BCUT2D eigenvalue weighted by Gasteiger charge is -2.15. The normalized spacial score (nSPS) is 16.8. The van der Waals surface area contributed by atoms with Crippen molar-refractivity contribution in [1.29, 1.82) is 0 Å². The monoisotopic (exact) mass is 585 g/mol. The molecule has 0 spiro atoms. The van der Waals surface area contributed by atoms with Crippen molar-refractivity contribution in [2.75, 3.05) is 25.0 Å². The molecule has 0 bridgehead atoms. The van der Waals surface area contributed by atoms with Crippen LogP contribution in [0, 0.1) is 18.3 Å². The lowest BCUT2D eigenvalue weighted by Crippen LogP contribution is -2.34. The molecule has 1 aliphatic heterocycles. The quantitative estimate of drug-likeness (QED) is 0.316. The summed E-state index contributed by atoms with van der Waals surface area (Å²) in [6, 6.07) is 4.26. The fourth-order valence-corrected chi connectivity index (χ4v) is 4.34. The van der Waals surface area contributed by atoms with E-state index in [0.29, 0.717) is 13.1 Å². The van der Waals surface area contributed by atoms with Crippen molar-refractivity contribution in [3.05, 3.63) is 52.7 Å². The number of hydrogen-bond acceptors (Lipinski definition) is 6. The van der Waals surface area contributed by atoms with Crippen molar-refractivity contribution in [1.82, 2.24) is 30.0 Å². The van der Waals surface area contributed by atoms with Gasteiger partial charge >= 0.3 is 6.18 Å². The van der Waals surface area contributed by atoms with Gasteiger partial charge in [-0.3, -0.25) is 14.3 Å². The molecule has 3 aromatic rings. The summed E-state index contributed by atoms with van der Waals surface area (Å²) in [6.07, 6.45) is 2.18. The van der Waals surface area contributed by atoms with Crippen LogP contribution in [-0.2, 0) is 19.8 Å². The zero-order valence-electron chi connectivity index (χ0n) is 20.4. The third-order valence-corrected chi connectivity index (χ3v) is 6.36. The molecule has 1 aromatic carbocycles. The first-order valence-corrected chi connectivity index (χ1v) is 11.8. The Bertz CT molecular complexity index is 1410. The second-order valence-electron chi connectivity index (χ2n) is 8.66. The van der Waals surface area contributed by atoms with Crippen LogP contribution < -0.4 is 16.0 Å². The van der Waals surface area contributed by atoms with E-state index in [1.165, 1.54) is 29.8 Å². The molecule has 4 N–H and O–H groups in total. The van der Waals surface area contributed by atoms with E-state index < -0.39 is 29.8 Å². The SMILES string of the molecule is C#CCn1cc(-c2cnc(C(=O)Nc3ccc(C(=O)NC[C@@H]4CNC[C@@H]4O)c(Cl)c3)n2C)c(C(F)(F)F)n1.Cl. The van der Waals surface area contributed by atoms with E-state index in [2.05, 4.69) is 32.0 Å². The molecular weight excluding hydrogens is 562 g/mol. The maximum Gasteiger partial charge on any atom is 0.435 e. The number of aliphatic hydroxyl groups is 1. The molecule has 2 aromatic heterocycles. The Hall–Kier alpha value is -3.57. The van der Waals surface area contributed by atoms with E-state index in [9.17, 15) is 27.9 Å². The van der Waals surface area contributed by atoms with Gasteiger partial charge in [0.15, 0.2) is 11.5 Å². The standard InChI is InChI=1S/C24H23ClF3N7O3.ClH/c1-3-6-35-12-16(20(33-35)24(26,27)28)18-10-30-21(34(18)2)23(38)32-14-4-5-15(17(25)7-14)22(37)31-9-13-8-29-11-19(13)36;/h1,4-5,7,10,12-13,19,29,36H,6,8-9,11H2,2H3,(H,31,37)(H,32,38);1H/t13-,19-;/m0./s1. The first kappa shape index (κ1) is 30.0. The number of β-amino-alcohol motifs (C(OH)–C–C–N with tert-alkyl or cyclic N) is 1.